The molecular formula is C23H24NO2P. The van der Waals surface area contributed by atoms with Crippen molar-refractivity contribution in [1.82, 2.24) is 5.09 Å². The molecule has 27 heavy (non-hydrogen) atoms. The van der Waals surface area contributed by atoms with Crippen LogP contribution in [-0.4, -0.2) is 11.8 Å². The molecule has 0 heterocycles. The van der Waals surface area contributed by atoms with E-state index < -0.39 is 13.3 Å². The number of nitrogens with one attached hydrogen (secondary N) is 1. The fourth-order valence-electron chi connectivity index (χ4n) is 3.06. The average Bonchev–Trinajstić information content (AvgIpc) is 2.73. The number of carbonyl (C=O) groups excluding carboxylic acids is 1. The Morgan fingerprint density at radius 3 is 1.56 bits per heavy atom. The van der Waals surface area contributed by atoms with Gasteiger partial charge in [-0.05, 0) is 30.2 Å². The number of carbonyl (C=O) groups is 1. The van der Waals surface area contributed by atoms with E-state index in [9.17, 15) is 9.36 Å². The Bertz CT molecular complexity index is 881. The number of hydrogen-bond donors (Lipinski definition) is 1. The highest BCUT2D eigenvalue weighted by Crippen LogP contribution is 2.40. The minimum Gasteiger partial charge on any atom is -0.297 e. The van der Waals surface area contributed by atoms with Crippen LogP contribution in [0.2, 0.25) is 0 Å². The molecule has 0 radical (unpaired) electrons. The lowest BCUT2D eigenvalue weighted by Crippen LogP contribution is -2.43. The summed E-state index contributed by atoms with van der Waals surface area (Å²) in [4.78, 5) is 13.1. The zero-order chi connectivity index (χ0) is 19.3. The van der Waals surface area contributed by atoms with E-state index in [0.29, 0.717) is 16.2 Å². The minimum atomic E-state index is -3.18. The predicted molar refractivity (Wildman–Crippen MR) is 112 cm³/mol. The normalized spacial score (nSPS) is 12.7. The van der Waals surface area contributed by atoms with Gasteiger partial charge in [0.2, 0.25) is 7.29 Å². The number of benzene rings is 3. The third-order valence-corrected chi connectivity index (χ3v) is 7.26. The minimum absolute atomic E-state index is 0.0153. The van der Waals surface area contributed by atoms with Crippen LogP contribution in [0.4, 0.5) is 0 Å². The van der Waals surface area contributed by atoms with Gasteiger partial charge in [-0.3, -0.25) is 9.36 Å². The molecule has 3 aromatic rings. The van der Waals surface area contributed by atoms with Crippen molar-refractivity contribution in [3.05, 3.63) is 96.6 Å². The third kappa shape index (κ3) is 4.27. The molecule has 0 aliphatic heterocycles. The van der Waals surface area contributed by atoms with Crippen LogP contribution >= 0.6 is 7.29 Å². The summed E-state index contributed by atoms with van der Waals surface area (Å²) in [6.45, 7) is 3.94. The first kappa shape index (κ1) is 19.3. The Hall–Kier alpha value is -2.48. The molecule has 0 bridgehead atoms. The summed E-state index contributed by atoms with van der Waals surface area (Å²) in [6.07, 6.45) is 0. The van der Waals surface area contributed by atoms with Gasteiger partial charge in [0.1, 0.15) is 0 Å². The van der Waals surface area contributed by atoms with E-state index in [1.165, 1.54) is 0 Å². The molecule has 138 valence electrons. The van der Waals surface area contributed by atoms with Gasteiger partial charge < -0.3 is 0 Å². The third-order valence-electron chi connectivity index (χ3n) is 4.57. The number of ketones is 1. The molecule has 1 unspecified atom stereocenters. The van der Waals surface area contributed by atoms with E-state index in [4.69, 9.17) is 0 Å². The van der Waals surface area contributed by atoms with E-state index in [1.807, 2.05) is 92.7 Å². The van der Waals surface area contributed by atoms with Crippen molar-refractivity contribution in [2.75, 3.05) is 0 Å². The molecule has 3 aromatic carbocycles. The summed E-state index contributed by atoms with van der Waals surface area (Å²) in [7, 11) is -3.18. The molecule has 0 saturated carbocycles. The molecule has 0 aliphatic carbocycles. The molecule has 0 fully saturated rings. The quantitative estimate of drug-likeness (QED) is 0.490. The summed E-state index contributed by atoms with van der Waals surface area (Å²) in [5, 5.41) is 4.66. The second-order valence-electron chi connectivity index (χ2n) is 6.86. The number of hydrogen-bond acceptors (Lipinski definition) is 2. The maximum absolute atomic E-state index is 14.2. The van der Waals surface area contributed by atoms with Gasteiger partial charge in [0.15, 0.2) is 5.78 Å². The van der Waals surface area contributed by atoms with Crippen molar-refractivity contribution in [3.8, 4) is 0 Å². The van der Waals surface area contributed by atoms with Crippen molar-refractivity contribution in [3.63, 3.8) is 0 Å². The van der Waals surface area contributed by atoms with Gasteiger partial charge in [-0.15, -0.1) is 0 Å². The van der Waals surface area contributed by atoms with E-state index >= 15 is 0 Å². The molecule has 0 spiro atoms. The van der Waals surface area contributed by atoms with Crippen LogP contribution in [0.15, 0.2) is 91.0 Å². The van der Waals surface area contributed by atoms with E-state index in [2.05, 4.69) is 5.09 Å². The number of Topliss-reactive ketones (excluding diaryl/α,β-unsaturated/α-hetero) is 1. The first-order chi connectivity index (χ1) is 13.0. The molecule has 0 saturated heterocycles. The standard InChI is InChI=1S/C23H24NO2P/c1-18(2)22(23(25)19-12-6-3-7-13-19)24-27(26,20-14-8-4-9-15-20)21-16-10-5-11-17-21/h3-18,22H,1-2H3,(H,24,26). The smallest absolute Gasteiger partial charge is 0.205 e. The van der Waals surface area contributed by atoms with Gasteiger partial charge >= 0.3 is 0 Å². The zero-order valence-corrected chi connectivity index (χ0v) is 16.5. The van der Waals surface area contributed by atoms with Crippen LogP contribution in [0, 0.1) is 5.92 Å². The van der Waals surface area contributed by atoms with Crippen LogP contribution in [0.1, 0.15) is 24.2 Å². The lowest BCUT2D eigenvalue weighted by Gasteiger charge is -2.28. The largest absolute Gasteiger partial charge is 0.297 e. The summed E-state index contributed by atoms with van der Waals surface area (Å²) in [5.41, 5.74) is 0.622. The summed E-state index contributed by atoms with van der Waals surface area (Å²) >= 11 is 0. The fraction of sp³-hybridized carbons (Fsp3) is 0.174. The Kier molecular flexibility index (Phi) is 6.05. The van der Waals surface area contributed by atoms with E-state index in [0.717, 1.165) is 0 Å². The number of rotatable bonds is 7. The summed E-state index contributed by atoms with van der Waals surface area (Å²) < 4.78 is 14.2. The summed E-state index contributed by atoms with van der Waals surface area (Å²) in [6, 6.07) is 27.3. The highest BCUT2D eigenvalue weighted by Gasteiger charge is 2.34. The molecule has 4 heteroatoms. The topological polar surface area (TPSA) is 46.2 Å². The fourth-order valence-corrected chi connectivity index (χ4v) is 5.65. The Labute approximate surface area is 160 Å². The van der Waals surface area contributed by atoms with Gasteiger partial charge in [0, 0.05) is 16.2 Å². The van der Waals surface area contributed by atoms with E-state index in [1.54, 1.807) is 12.1 Å². The lowest BCUT2D eigenvalue weighted by atomic mass is 9.96. The highest BCUT2D eigenvalue weighted by atomic mass is 31.2. The first-order valence-corrected chi connectivity index (χ1v) is 10.8. The zero-order valence-electron chi connectivity index (χ0n) is 15.6. The van der Waals surface area contributed by atoms with Crippen molar-refractivity contribution in [2.45, 2.75) is 19.9 Å². The van der Waals surface area contributed by atoms with Crippen molar-refractivity contribution >= 4 is 23.7 Å². The van der Waals surface area contributed by atoms with Crippen LogP contribution in [0.5, 0.6) is 0 Å². The van der Waals surface area contributed by atoms with Crippen LogP contribution in [-0.2, 0) is 4.57 Å². The Balaban J connectivity index is 2.05. The second-order valence-corrected chi connectivity index (χ2v) is 9.37. The Morgan fingerprint density at radius 1 is 0.741 bits per heavy atom. The first-order valence-electron chi connectivity index (χ1n) is 9.10. The highest BCUT2D eigenvalue weighted by molar-refractivity contribution is 7.77. The monoisotopic (exact) mass is 377 g/mol. The molecule has 3 nitrogen and oxygen atoms in total. The van der Waals surface area contributed by atoms with Gasteiger partial charge in [-0.1, -0.05) is 80.6 Å². The second kappa shape index (κ2) is 8.47. The van der Waals surface area contributed by atoms with Gasteiger partial charge in [-0.25, -0.2) is 5.09 Å². The maximum Gasteiger partial charge on any atom is 0.205 e. The van der Waals surface area contributed by atoms with Gasteiger partial charge in [0.05, 0.1) is 6.04 Å². The van der Waals surface area contributed by atoms with Crippen molar-refractivity contribution in [1.29, 1.82) is 0 Å². The molecule has 1 atom stereocenters. The molecular weight excluding hydrogens is 353 g/mol. The SMILES string of the molecule is CC(C)C(NP(=O)(c1ccccc1)c1ccccc1)C(=O)c1ccccc1. The predicted octanol–water partition coefficient (Wildman–Crippen LogP) is 4.41. The molecule has 3 rings (SSSR count). The van der Waals surface area contributed by atoms with Crippen molar-refractivity contribution in [2.24, 2.45) is 5.92 Å². The van der Waals surface area contributed by atoms with E-state index in [-0.39, 0.29) is 11.7 Å². The average molecular weight is 377 g/mol. The summed E-state index contributed by atoms with van der Waals surface area (Å²) in [5.74, 6) is -0.0591. The molecule has 0 aliphatic rings. The molecule has 1 N–H and O–H groups in total. The lowest BCUT2D eigenvalue weighted by molar-refractivity contribution is 0.0931. The van der Waals surface area contributed by atoms with Crippen molar-refractivity contribution < 1.29 is 9.36 Å². The van der Waals surface area contributed by atoms with Crippen LogP contribution in [0.25, 0.3) is 0 Å². The van der Waals surface area contributed by atoms with Crippen LogP contribution < -0.4 is 15.7 Å². The molecule has 0 aromatic heterocycles. The Morgan fingerprint density at radius 2 is 1.15 bits per heavy atom. The van der Waals surface area contributed by atoms with Crippen LogP contribution in [0.3, 0.4) is 0 Å². The molecule has 0 amide bonds. The van der Waals surface area contributed by atoms with Gasteiger partial charge in [0.25, 0.3) is 0 Å². The maximum atomic E-state index is 14.2. The van der Waals surface area contributed by atoms with Gasteiger partial charge in [-0.2, -0.15) is 0 Å².